The minimum atomic E-state index is -0.273. The quantitative estimate of drug-likeness (QED) is 0.279. The number of carbonyl (C=O) groups is 1. The summed E-state index contributed by atoms with van der Waals surface area (Å²) in [6.07, 6.45) is 2.37. The van der Waals surface area contributed by atoms with Crippen molar-refractivity contribution in [2.45, 2.75) is 33.1 Å². The zero-order valence-electron chi connectivity index (χ0n) is 20.4. The average Bonchev–Trinajstić information content (AvgIpc) is 2.88. The van der Waals surface area contributed by atoms with E-state index in [9.17, 15) is 9.59 Å². The molecule has 7 nitrogen and oxygen atoms in total. The number of aryl methyl sites for hydroxylation is 1. The second-order valence-corrected chi connectivity index (χ2v) is 9.46. The lowest BCUT2D eigenvalue weighted by molar-refractivity contribution is -0.118. The van der Waals surface area contributed by atoms with Crippen LogP contribution in [-0.2, 0) is 4.79 Å². The monoisotopic (exact) mass is 546 g/mol. The van der Waals surface area contributed by atoms with Crippen molar-refractivity contribution in [2.75, 3.05) is 11.9 Å². The van der Waals surface area contributed by atoms with Crippen LogP contribution in [0, 0.1) is 6.92 Å². The van der Waals surface area contributed by atoms with Gasteiger partial charge in [0, 0.05) is 21.6 Å². The van der Waals surface area contributed by atoms with E-state index in [0.717, 1.165) is 16.5 Å². The number of ether oxygens (including phenoxy) is 1. The second-order valence-electron chi connectivity index (χ2n) is 8.54. The standard InChI is InChI=1S/C28H27BrN4O3/c1-4-19(3)27-32-24-14-11-21(29)15-23(24)28(35)33(27)30-16-20-7-5-6-8-25(20)36-17-26(34)31-22-12-9-18(2)10-13-22/h5-16,19H,4,17H2,1-3H3,(H,31,34)/t19-/m0/s1. The molecule has 0 aliphatic rings. The van der Waals surface area contributed by atoms with Crippen LogP contribution in [0.5, 0.6) is 5.75 Å². The predicted molar refractivity (Wildman–Crippen MR) is 147 cm³/mol. The first-order valence-corrected chi connectivity index (χ1v) is 12.5. The lowest BCUT2D eigenvalue weighted by atomic mass is 10.1. The molecule has 3 aromatic carbocycles. The molecule has 1 N–H and O–H groups in total. The molecular weight excluding hydrogens is 520 g/mol. The summed E-state index contributed by atoms with van der Waals surface area (Å²) >= 11 is 3.43. The van der Waals surface area contributed by atoms with Crippen molar-refractivity contribution < 1.29 is 9.53 Å². The van der Waals surface area contributed by atoms with E-state index < -0.39 is 0 Å². The van der Waals surface area contributed by atoms with Crippen LogP contribution in [0.25, 0.3) is 10.9 Å². The Morgan fingerprint density at radius 3 is 2.67 bits per heavy atom. The Morgan fingerprint density at radius 1 is 1.17 bits per heavy atom. The first kappa shape index (κ1) is 25.3. The van der Waals surface area contributed by atoms with E-state index in [-0.39, 0.29) is 24.0 Å². The molecule has 1 amide bonds. The predicted octanol–water partition coefficient (Wildman–Crippen LogP) is 5.88. The Kier molecular flexibility index (Phi) is 7.95. The lowest BCUT2D eigenvalue weighted by Crippen LogP contribution is -2.24. The van der Waals surface area contributed by atoms with Gasteiger partial charge in [0.1, 0.15) is 11.6 Å². The summed E-state index contributed by atoms with van der Waals surface area (Å²) in [6, 6.07) is 20.2. The number of hydrogen-bond donors (Lipinski definition) is 1. The van der Waals surface area contributed by atoms with Crippen molar-refractivity contribution in [2.24, 2.45) is 5.10 Å². The number of hydrogen-bond acceptors (Lipinski definition) is 5. The van der Waals surface area contributed by atoms with Gasteiger partial charge in [-0.2, -0.15) is 9.78 Å². The Morgan fingerprint density at radius 2 is 1.92 bits per heavy atom. The third-order valence-electron chi connectivity index (χ3n) is 5.81. The van der Waals surface area contributed by atoms with Gasteiger partial charge in [-0.25, -0.2) is 4.98 Å². The van der Waals surface area contributed by atoms with Gasteiger partial charge in [-0.15, -0.1) is 0 Å². The molecule has 36 heavy (non-hydrogen) atoms. The van der Waals surface area contributed by atoms with E-state index >= 15 is 0 Å². The van der Waals surface area contributed by atoms with Gasteiger partial charge < -0.3 is 10.1 Å². The van der Waals surface area contributed by atoms with Gasteiger partial charge in [0.25, 0.3) is 11.5 Å². The van der Waals surface area contributed by atoms with Crippen LogP contribution in [0.4, 0.5) is 5.69 Å². The molecule has 0 spiro atoms. The summed E-state index contributed by atoms with van der Waals surface area (Å²) in [7, 11) is 0. The van der Waals surface area contributed by atoms with Crippen molar-refractivity contribution in [3.63, 3.8) is 0 Å². The molecule has 0 bridgehead atoms. The van der Waals surface area contributed by atoms with Crippen LogP contribution in [0.3, 0.4) is 0 Å². The highest BCUT2D eigenvalue weighted by Gasteiger charge is 2.16. The topological polar surface area (TPSA) is 85.6 Å². The maximum absolute atomic E-state index is 13.3. The molecule has 8 heteroatoms. The molecule has 0 unspecified atom stereocenters. The summed E-state index contributed by atoms with van der Waals surface area (Å²) in [5.41, 5.74) is 2.84. The molecule has 4 rings (SSSR count). The Balaban J connectivity index is 1.59. The number of fused-ring (bicyclic) bond motifs is 1. The SMILES string of the molecule is CC[C@H](C)c1nc2ccc(Br)cc2c(=O)n1N=Cc1ccccc1OCC(=O)Nc1ccc(C)cc1. The molecule has 4 aromatic rings. The molecule has 1 heterocycles. The number of carbonyl (C=O) groups excluding carboxylic acids is 1. The van der Waals surface area contributed by atoms with E-state index in [4.69, 9.17) is 9.72 Å². The fourth-order valence-corrected chi connectivity index (χ4v) is 3.96. The first-order chi connectivity index (χ1) is 17.4. The summed E-state index contributed by atoms with van der Waals surface area (Å²) in [5.74, 6) is 0.824. The van der Waals surface area contributed by atoms with E-state index in [2.05, 4.69) is 26.3 Å². The highest BCUT2D eigenvalue weighted by atomic mass is 79.9. The zero-order chi connectivity index (χ0) is 25.7. The summed E-state index contributed by atoms with van der Waals surface area (Å²) in [4.78, 5) is 30.5. The first-order valence-electron chi connectivity index (χ1n) is 11.7. The maximum atomic E-state index is 13.3. The summed E-state index contributed by atoms with van der Waals surface area (Å²) in [6.45, 7) is 5.88. The van der Waals surface area contributed by atoms with Gasteiger partial charge in [0.15, 0.2) is 6.61 Å². The maximum Gasteiger partial charge on any atom is 0.282 e. The van der Waals surface area contributed by atoms with Gasteiger partial charge in [0.05, 0.1) is 17.1 Å². The highest BCUT2D eigenvalue weighted by molar-refractivity contribution is 9.10. The van der Waals surface area contributed by atoms with Crippen molar-refractivity contribution in [1.82, 2.24) is 9.66 Å². The van der Waals surface area contributed by atoms with Crippen molar-refractivity contribution in [3.8, 4) is 5.75 Å². The Labute approximate surface area is 218 Å². The number of para-hydroxylation sites is 1. The van der Waals surface area contributed by atoms with E-state index in [0.29, 0.717) is 33.7 Å². The largest absolute Gasteiger partial charge is 0.483 e. The van der Waals surface area contributed by atoms with Gasteiger partial charge in [-0.3, -0.25) is 9.59 Å². The molecule has 0 saturated carbocycles. The molecule has 0 saturated heterocycles. The smallest absolute Gasteiger partial charge is 0.282 e. The number of anilines is 1. The Bertz CT molecular complexity index is 1480. The molecule has 0 aliphatic heterocycles. The zero-order valence-corrected chi connectivity index (χ0v) is 22.0. The second kappa shape index (κ2) is 11.3. The van der Waals surface area contributed by atoms with E-state index in [1.807, 2.05) is 75.4 Å². The third-order valence-corrected chi connectivity index (χ3v) is 6.31. The minimum absolute atomic E-state index is 0.0276. The lowest BCUT2D eigenvalue weighted by Gasteiger charge is -2.14. The molecule has 1 atom stereocenters. The van der Waals surface area contributed by atoms with Crippen molar-refractivity contribution in [1.29, 1.82) is 0 Å². The van der Waals surface area contributed by atoms with Crippen LogP contribution in [0.2, 0.25) is 0 Å². The number of nitrogens with zero attached hydrogens (tertiary/aromatic N) is 3. The third kappa shape index (κ3) is 5.88. The van der Waals surface area contributed by atoms with Gasteiger partial charge in [-0.1, -0.05) is 59.6 Å². The number of rotatable bonds is 8. The number of nitrogens with one attached hydrogen (secondary N) is 1. The van der Waals surface area contributed by atoms with Gasteiger partial charge in [-0.05, 0) is 55.8 Å². The Hall–Kier alpha value is -3.78. The molecule has 0 aliphatic carbocycles. The molecule has 0 radical (unpaired) electrons. The number of aromatic nitrogens is 2. The van der Waals surface area contributed by atoms with Gasteiger partial charge in [0.2, 0.25) is 0 Å². The van der Waals surface area contributed by atoms with E-state index in [1.165, 1.54) is 4.68 Å². The summed E-state index contributed by atoms with van der Waals surface area (Å²) < 4.78 is 7.93. The molecule has 184 valence electrons. The van der Waals surface area contributed by atoms with Crippen molar-refractivity contribution >= 4 is 44.6 Å². The number of halogens is 1. The van der Waals surface area contributed by atoms with Crippen LogP contribution in [0.15, 0.2) is 81.1 Å². The minimum Gasteiger partial charge on any atom is -0.483 e. The fraction of sp³-hybridized carbons (Fsp3) is 0.214. The van der Waals surface area contributed by atoms with Crippen molar-refractivity contribution in [3.05, 3.63) is 98.5 Å². The van der Waals surface area contributed by atoms with Crippen LogP contribution < -0.4 is 15.6 Å². The normalized spacial score (nSPS) is 12.1. The average molecular weight is 547 g/mol. The van der Waals surface area contributed by atoms with Crippen LogP contribution in [0.1, 0.15) is 43.1 Å². The molecular formula is C28H27BrN4O3. The van der Waals surface area contributed by atoms with Crippen LogP contribution in [-0.4, -0.2) is 28.4 Å². The number of benzene rings is 3. The van der Waals surface area contributed by atoms with Crippen LogP contribution >= 0.6 is 15.9 Å². The molecule has 1 aromatic heterocycles. The van der Waals surface area contributed by atoms with E-state index in [1.54, 1.807) is 18.3 Å². The van der Waals surface area contributed by atoms with Gasteiger partial charge >= 0.3 is 0 Å². The fourth-order valence-electron chi connectivity index (χ4n) is 3.59. The molecule has 0 fully saturated rings. The summed E-state index contributed by atoms with van der Waals surface area (Å²) in [5, 5.41) is 7.80. The number of amides is 1. The highest BCUT2D eigenvalue weighted by Crippen LogP contribution is 2.21.